The minimum atomic E-state index is -0.575. The quantitative estimate of drug-likeness (QED) is 0.285. The Kier molecular flexibility index (Phi) is 7.15. The van der Waals surface area contributed by atoms with E-state index in [-0.39, 0.29) is 23.1 Å². The summed E-state index contributed by atoms with van der Waals surface area (Å²) in [6.45, 7) is 6.22. The summed E-state index contributed by atoms with van der Waals surface area (Å²) in [5.41, 5.74) is 2.08. The Labute approximate surface area is 184 Å². The van der Waals surface area contributed by atoms with E-state index >= 15 is 0 Å². The first-order chi connectivity index (χ1) is 14.9. The summed E-state index contributed by atoms with van der Waals surface area (Å²) in [6, 6.07) is 9.52. The van der Waals surface area contributed by atoms with E-state index in [1.807, 2.05) is 6.92 Å². The molecule has 0 spiro atoms. The molecule has 0 atom stereocenters. The Hall–Kier alpha value is -3.52. The van der Waals surface area contributed by atoms with Crippen molar-refractivity contribution < 1.29 is 23.5 Å². The molecule has 0 unspecified atom stereocenters. The first kappa shape index (κ1) is 22.2. The topological polar surface area (TPSA) is 76.7 Å². The molecule has 2 aromatic carbocycles. The summed E-state index contributed by atoms with van der Waals surface area (Å²) >= 11 is 4.82. The molecule has 8 heteroatoms. The second kappa shape index (κ2) is 9.99. The first-order valence-electron chi connectivity index (χ1n) is 9.57. The fraction of sp³-hybridized carbons (Fsp3) is 0.174. The number of nitrogens with one attached hydrogen (secondary N) is 2. The van der Waals surface area contributed by atoms with E-state index in [9.17, 15) is 14.0 Å². The summed E-state index contributed by atoms with van der Waals surface area (Å²) in [4.78, 5) is 24.3. The Bertz CT molecular complexity index is 1040. The highest BCUT2D eigenvalue weighted by atomic mass is 32.1. The van der Waals surface area contributed by atoms with Crippen LogP contribution in [0.25, 0.3) is 6.08 Å². The van der Waals surface area contributed by atoms with Crippen LogP contribution in [0.4, 0.5) is 4.39 Å². The molecular formula is C23H21FN2O4S. The van der Waals surface area contributed by atoms with Gasteiger partial charge >= 0.3 is 0 Å². The Morgan fingerprint density at radius 1 is 1.10 bits per heavy atom. The summed E-state index contributed by atoms with van der Waals surface area (Å²) < 4.78 is 24.9. The fourth-order valence-electron chi connectivity index (χ4n) is 3.01. The van der Waals surface area contributed by atoms with Crippen LogP contribution in [0.1, 0.15) is 23.6 Å². The van der Waals surface area contributed by atoms with E-state index in [2.05, 4.69) is 17.2 Å². The predicted molar refractivity (Wildman–Crippen MR) is 119 cm³/mol. The number of hydrogen-bond acceptors (Lipinski definition) is 5. The van der Waals surface area contributed by atoms with Crippen LogP contribution >= 0.6 is 12.2 Å². The molecule has 1 fully saturated rings. The van der Waals surface area contributed by atoms with Gasteiger partial charge in [-0.05, 0) is 67.0 Å². The van der Waals surface area contributed by atoms with Crippen LogP contribution in [-0.2, 0) is 22.6 Å². The molecule has 2 aromatic rings. The Morgan fingerprint density at radius 3 is 2.39 bits per heavy atom. The smallest absolute Gasteiger partial charge is 0.263 e. The fourth-order valence-corrected chi connectivity index (χ4v) is 3.20. The highest BCUT2D eigenvalue weighted by Crippen LogP contribution is 2.35. The lowest BCUT2D eigenvalue weighted by molar-refractivity contribution is -0.123. The predicted octanol–water partition coefficient (Wildman–Crippen LogP) is 3.45. The summed E-state index contributed by atoms with van der Waals surface area (Å²) in [6.07, 6.45) is 3.65. The molecule has 6 nitrogen and oxygen atoms in total. The van der Waals surface area contributed by atoms with Crippen molar-refractivity contribution in [2.75, 3.05) is 6.61 Å². The van der Waals surface area contributed by atoms with Gasteiger partial charge in [-0.3, -0.25) is 20.2 Å². The third-order valence-electron chi connectivity index (χ3n) is 4.37. The normalized spacial score (nSPS) is 13.4. The van der Waals surface area contributed by atoms with Crippen molar-refractivity contribution in [3.8, 4) is 11.5 Å². The van der Waals surface area contributed by atoms with Gasteiger partial charge in [0.05, 0.1) is 6.61 Å². The molecule has 1 aliphatic heterocycles. The standard InChI is InChI=1S/C23H21FN2O4S/c1-3-5-16-10-15(11-18-21(27)25-23(31)26-22(18)28)12-19(29-4-2)20(16)30-13-14-6-8-17(24)9-7-14/h3,6-12H,1,4-5,13H2,2H3,(H2,25,26,27,28,31). The molecule has 2 amide bonds. The average molecular weight is 440 g/mol. The number of hydrogen-bond donors (Lipinski definition) is 2. The van der Waals surface area contributed by atoms with Crippen molar-refractivity contribution >= 4 is 35.2 Å². The summed E-state index contributed by atoms with van der Waals surface area (Å²) in [7, 11) is 0. The summed E-state index contributed by atoms with van der Waals surface area (Å²) in [5.74, 6) is -0.489. The van der Waals surface area contributed by atoms with Gasteiger partial charge in [-0.15, -0.1) is 6.58 Å². The highest BCUT2D eigenvalue weighted by molar-refractivity contribution is 7.80. The maximum atomic E-state index is 13.2. The molecule has 160 valence electrons. The number of thiocarbonyl (C=S) groups is 1. The van der Waals surface area contributed by atoms with Gasteiger partial charge in [0.2, 0.25) is 0 Å². The molecule has 3 rings (SSSR count). The minimum Gasteiger partial charge on any atom is -0.490 e. The monoisotopic (exact) mass is 440 g/mol. The first-order valence-corrected chi connectivity index (χ1v) is 9.98. The van der Waals surface area contributed by atoms with Gasteiger partial charge in [-0.1, -0.05) is 18.2 Å². The molecule has 0 radical (unpaired) electrons. The Morgan fingerprint density at radius 2 is 1.77 bits per heavy atom. The highest BCUT2D eigenvalue weighted by Gasteiger charge is 2.26. The summed E-state index contributed by atoms with van der Waals surface area (Å²) in [5, 5.41) is 4.79. The van der Waals surface area contributed by atoms with E-state index in [0.717, 1.165) is 11.1 Å². The van der Waals surface area contributed by atoms with Crippen molar-refractivity contribution in [1.82, 2.24) is 10.6 Å². The lowest BCUT2D eigenvalue weighted by atomic mass is 10.0. The second-order valence-electron chi connectivity index (χ2n) is 6.64. The molecule has 0 saturated carbocycles. The van der Waals surface area contributed by atoms with E-state index < -0.39 is 11.8 Å². The number of rotatable bonds is 8. The van der Waals surface area contributed by atoms with Gasteiger partial charge in [0, 0.05) is 5.56 Å². The lowest BCUT2D eigenvalue weighted by Gasteiger charge is -2.18. The minimum absolute atomic E-state index is 0.0287. The number of carbonyl (C=O) groups is 2. The van der Waals surface area contributed by atoms with Crippen molar-refractivity contribution in [3.05, 3.63) is 77.1 Å². The third-order valence-corrected chi connectivity index (χ3v) is 4.57. The van der Waals surface area contributed by atoms with Gasteiger partial charge in [0.1, 0.15) is 18.0 Å². The molecule has 1 saturated heterocycles. The number of amides is 2. The number of allylic oxidation sites excluding steroid dienone is 1. The molecule has 0 bridgehead atoms. The van der Waals surface area contributed by atoms with Crippen LogP contribution in [0.5, 0.6) is 11.5 Å². The van der Waals surface area contributed by atoms with Crippen LogP contribution in [0.15, 0.2) is 54.6 Å². The van der Waals surface area contributed by atoms with E-state index in [4.69, 9.17) is 21.7 Å². The van der Waals surface area contributed by atoms with Crippen molar-refractivity contribution in [3.63, 3.8) is 0 Å². The van der Waals surface area contributed by atoms with Crippen molar-refractivity contribution in [2.45, 2.75) is 20.0 Å². The van der Waals surface area contributed by atoms with Gasteiger partial charge in [-0.25, -0.2) is 4.39 Å². The largest absolute Gasteiger partial charge is 0.490 e. The second-order valence-corrected chi connectivity index (χ2v) is 7.05. The molecule has 31 heavy (non-hydrogen) atoms. The van der Waals surface area contributed by atoms with Crippen molar-refractivity contribution in [1.29, 1.82) is 0 Å². The van der Waals surface area contributed by atoms with E-state index in [0.29, 0.717) is 30.1 Å². The van der Waals surface area contributed by atoms with Crippen LogP contribution in [0.2, 0.25) is 0 Å². The zero-order chi connectivity index (χ0) is 22.4. The number of ether oxygens (including phenoxy) is 2. The van der Waals surface area contributed by atoms with Gasteiger partial charge < -0.3 is 9.47 Å². The maximum Gasteiger partial charge on any atom is 0.263 e. The van der Waals surface area contributed by atoms with Crippen LogP contribution in [0, 0.1) is 5.82 Å². The average Bonchev–Trinajstić information content (AvgIpc) is 2.72. The van der Waals surface area contributed by atoms with E-state index in [1.54, 1.807) is 30.3 Å². The lowest BCUT2D eigenvalue weighted by Crippen LogP contribution is -2.51. The zero-order valence-electron chi connectivity index (χ0n) is 16.9. The van der Waals surface area contributed by atoms with Gasteiger partial charge in [0.15, 0.2) is 16.6 Å². The molecular weight excluding hydrogens is 419 g/mol. The maximum absolute atomic E-state index is 13.2. The van der Waals surface area contributed by atoms with Crippen LogP contribution in [-0.4, -0.2) is 23.5 Å². The zero-order valence-corrected chi connectivity index (χ0v) is 17.7. The number of benzene rings is 2. The SMILES string of the molecule is C=CCc1cc(C=C2C(=O)NC(=S)NC2=O)cc(OCC)c1OCc1ccc(F)cc1. The number of carbonyl (C=O) groups excluding carboxylic acids is 2. The van der Waals surface area contributed by atoms with Gasteiger partial charge in [0.25, 0.3) is 11.8 Å². The molecule has 0 aromatic heterocycles. The molecule has 2 N–H and O–H groups in total. The van der Waals surface area contributed by atoms with Crippen molar-refractivity contribution in [2.24, 2.45) is 0 Å². The van der Waals surface area contributed by atoms with Crippen LogP contribution < -0.4 is 20.1 Å². The molecule has 0 aliphatic carbocycles. The molecule has 1 heterocycles. The molecule has 1 aliphatic rings. The Balaban J connectivity index is 1.97. The number of halogens is 1. The van der Waals surface area contributed by atoms with Gasteiger partial charge in [-0.2, -0.15) is 0 Å². The van der Waals surface area contributed by atoms with E-state index in [1.165, 1.54) is 18.2 Å². The van der Waals surface area contributed by atoms with Crippen LogP contribution in [0.3, 0.4) is 0 Å². The third kappa shape index (κ3) is 5.55.